The standard InChI is InChI=1S/C31H31F4NO5S2/c1-16-11-20-21-14-23(32)22-13-18(37)7-8-28(22,2)30(21,35)24(38)15-29(20,3)31(16,26(40)42-10-9-36)41-25(39)17-5-4-6-19(12-17)43-27(33)34/h4-8,12-13,16,20-21,23-24,27,38H,10-11,14-15H2,1-3H3/t16-,20+,21+,23+,24-,28+,29+,30+,31+/m1/s1. The summed E-state index contributed by atoms with van der Waals surface area (Å²) >= 11 is 0.878. The van der Waals surface area contributed by atoms with E-state index in [2.05, 4.69) is 0 Å². The van der Waals surface area contributed by atoms with E-state index in [4.69, 9.17) is 4.74 Å². The molecule has 4 aliphatic rings. The number of thioether (sulfide) groups is 2. The molecule has 5 rings (SSSR count). The molecule has 9 atom stereocenters. The van der Waals surface area contributed by atoms with Crippen LogP contribution >= 0.6 is 23.5 Å². The van der Waals surface area contributed by atoms with Gasteiger partial charge in [0.1, 0.15) is 6.17 Å². The average Bonchev–Trinajstić information content (AvgIpc) is 3.16. The van der Waals surface area contributed by atoms with Gasteiger partial charge in [-0.3, -0.25) is 9.59 Å². The summed E-state index contributed by atoms with van der Waals surface area (Å²) in [6.45, 7) is 4.77. The number of allylic oxidation sites excluding steroid dienone is 4. The van der Waals surface area contributed by atoms with Crippen LogP contribution in [0.5, 0.6) is 0 Å². The van der Waals surface area contributed by atoms with E-state index in [1.54, 1.807) is 13.8 Å². The molecule has 0 heterocycles. The molecule has 6 nitrogen and oxygen atoms in total. The van der Waals surface area contributed by atoms with E-state index in [1.165, 1.54) is 43.3 Å². The number of hydrogen-bond acceptors (Lipinski definition) is 8. The number of alkyl halides is 4. The Bertz CT molecular complexity index is 1460. The van der Waals surface area contributed by atoms with Gasteiger partial charge >= 0.3 is 5.97 Å². The Hall–Kier alpha value is -2.62. The van der Waals surface area contributed by atoms with Gasteiger partial charge in [-0.1, -0.05) is 49.5 Å². The zero-order valence-corrected chi connectivity index (χ0v) is 25.3. The van der Waals surface area contributed by atoms with E-state index in [9.17, 15) is 33.5 Å². The van der Waals surface area contributed by atoms with Crippen molar-refractivity contribution in [1.29, 1.82) is 5.26 Å². The van der Waals surface area contributed by atoms with E-state index in [0.717, 1.165) is 6.08 Å². The lowest BCUT2D eigenvalue weighted by Gasteiger charge is -2.63. The number of ether oxygens (including phenoxy) is 1. The molecule has 12 heteroatoms. The first-order chi connectivity index (χ1) is 20.2. The number of hydrogen-bond donors (Lipinski definition) is 1. The quantitative estimate of drug-likeness (QED) is 0.222. The minimum atomic E-state index is -2.73. The summed E-state index contributed by atoms with van der Waals surface area (Å²) in [4.78, 5) is 39.9. The zero-order chi connectivity index (χ0) is 31.5. The van der Waals surface area contributed by atoms with Crippen LogP contribution in [0.1, 0.15) is 50.4 Å². The number of aliphatic hydroxyl groups is 1. The van der Waals surface area contributed by atoms with Crippen LogP contribution in [0, 0.1) is 39.9 Å². The van der Waals surface area contributed by atoms with Crippen LogP contribution in [0.25, 0.3) is 0 Å². The maximum Gasteiger partial charge on any atom is 0.339 e. The van der Waals surface area contributed by atoms with Crippen molar-refractivity contribution < 1.29 is 41.8 Å². The van der Waals surface area contributed by atoms with Crippen LogP contribution in [-0.4, -0.2) is 57.0 Å². The smallest absolute Gasteiger partial charge is 0.339 e. The maximum absolute atomic E-state index is 17.6. The number of rotatable bonds is 6. The van der Waals surface area contributed by atoms with Gasteiger partial charge in [0, 0.05) is 27.6 Å². The second kappa shape index (κ2) is 11.1. The van der Waals surface area contributed by atoms with Crippen molar-refractivity contribution in [1.82, 2.24) is 0 Å². The van der Waals surface area contributed by atoms with E-state index in [-0.39, 0.29) is 52.8 Å². The van der Waals surface area contributed by atoms with Gasteiger partial charge in [0.15, 0.2) is 17.1 Å². The molecule has 0 unspecified atom stereocenters. The number of halogens is 4. The van der Waals surface area contributed by atoms with Crippen molar-refractivity contribution in [3.63, 3.8) is 0 Å². The number of esters is 1. The molecule has 0 amide bonds. The second-order valence-corrected chi connectivity index (χ2v) is 14.3. The Labute approximate surface area is 255 Å². The van der Waals surface area contributed by atoms with Crippen molar-refractivity contribution >= 4 is 40.4 Å². The summed E-state index contributed by atoms with van der Waals surface area (Å²) < 4.78 is 65.5. The Balaban J connectivity index is 1.60. The van der Waals surface area contributed by atoms with Crippen LogP contribution in [0.15, 0.2) is 53.0 Å². The maximum atomic E-state index is 17.6. The molecule has 3 saturated carbocycles. The van der Waals surface area contributed by atoms with Gasteiger partial charge in [-0.2, -0.15) is 14.0 Å². The summed E-state index contributed by atoms with van der Waals surface area (Å²) in [5.74, 6) is -7.01. The minimum absolute atomic E-state index is 0.0349. The number of aliphatic hydroxyl groups excluding tert-OH is 1. The minimum Gasteiger partial charge on any atom is -0.446 e. The first-order valence-electron chi connectivity index (χ1n) is 13.9. The predicted molar refractivity (Wildman–Crippen MR) is 153 cm³/mol. The van der Waals surface area contributed by atoms with Gasteiger partial charge in [-0.15, -0.1) is 0 Å². The van der Waals surface area contributed by atoms with E-state index in [1.807, 2.05) is 6.07 Å². The van der Waals surface area contributed by atoms with Gasteiger partial charge in [0.2, 0.25) is 5.12 Å². The molecular weight excluding hydrogens is 606 g/mol. The van der Waals surface area contributed by atoms with Crippen LogP contribution in [0.2, 0.25) is 0 Å². The lowest BCUT2D eigenvalue weighted by molar-refractivity contribution is -0.221. The van der Waals surface area contributed by atoms with Crippen molar-refractivity contribution in [2.75, 3.05) is 5.75 Å². The van der Waals surface area contributed by atoms with Gasteiger partial charge in [-0.05, 0) is 68.0 Å². The molecule has 4 aliphatic carbocycles. The van der Waals surface area contributed by atoms with Gasteiger partial charge in [0.25, 0.3) is 5.76 Å². The summed E-state index contributed by atoms with van der Waals surface area (Å²) in [5.41, 5.74) is -7.48. The van der Waals surface area contributed by atoms with Gasteiger partial charge < -0.3 is 9.84 Å². The van der Waals surface area contributed by atoms with E-state index in [0.29, 0.717) is 11.8 Å². The zero-order valence-electron chi connectivity index (χ0n) is 23.7. The molecule has 0 radical (unpaired) electrons. The predicted octanol–water partition coefficient (Wildman–Crippen LogP) is 6.25. The molecule has 43 heavy (non-hydrogen) atoms. The SMILES string of the molecule is C[C@@H]1C[C@H]2[C@@H]3C[C@H](F)C4=CC(=O)C=C[C@]4(C)[C@@]3(F)[C@H](O)C[C@]2(C)[C@@]1(OC(=O)c1cccc(SC(F)F)c1)C(=O)SCC#N. The largest absolute Gasteiger partial charge is 0.446 e. The molecule has 0 saturated heterocycles. The lowest BCUT2D eigenvalue weighted by Crippen LogP contribution is -2.70. The molecule has 230 valence electrons. The first-order valence-corrected chi connectivity index (χ1v) is 15.8. The highest BCUT2D eigenvalue weighted by atomic mass is 32.2. The number of ketones is 1. The monoisotopic (exact) mass is 637 g/mol. The van der Waals surface area contributed by atoms with Crippen LogP contribution < -0.4 is 0 Å². The van der Waals surface area contributed by atoms with Crippen molar-refractivity contribution in [3.05, 3.63) is 53.6 Å². The van der Waals surface area contributed by atoms with Crippen LogP contribution in [-0.2, 0) is 14.3 Å². The Morgan fingerprint density at radius 3 is 2.63 bits per heavy atom. The molecule has 0 bridgehead atoms. The van der Waals surface area contributed by atoms with E-state index < -0.39 is 74.8 Å². The van der Waals surface area contributed by atoms with E-state index >= 15 is 8.78 Å². The summed E-state index contributed by atoms with van der Waals surface area (Å²) in [5, 5.41) is 20.2. The Morgan fingerprint density at radius 1 is 1.23 bits per heavy atom. The fourth-order valence-electron chi connectivity index (χ4n) is 8.43. The molecule has 1 N–H and O–H groups in total. The normalized spacial score (nSPS) is 39.8. The summed E-state index contributed by atoms with van der Waals surface area (Å²) in [6.07, 6.45) is -0.365. The first kappa shape index (κ1) is 31.8. The lowest BCUT2D eigenvalue weighted by atomic mass is 9.44. The number of carbonyl (C=O) groups is 3. The fourth-order valence-corrected chi connectivity index (χ4v) is 9.87. The summed E-state index contributed by atoms with van der Waals surface area (Å²) in [7, 11) is 0. The third-order valence-electron chi connectivity index (χ3n) is 10.3. The van der Waals surface area contributed by atoms with Crippen LogP contribution in [0.4, 0.5) is 17.6 Å². The number of carbonyl (C=O) groups excluding carboxylic acids is 3. The average molecular weight is 638 g/mol. The second-order valence-electron chi connectivity index (χ2n) is 12.3. The Morgan fingerprint density at radius 2 is 1.95 bits per heavy atom. The Kier molecular flexibility index (Phi) is 8.19. The molecule has 0 spiro atoms. The molecule has 3 fully saturated rings. The molecular formula is C31H31F4NO5S2. The number of nitrogens with zero attached hydrogens (tertiary/aromatic N) is 1. The van der Waals surface area contributed by atoms with Crippen molar-refractivity contribution in [2.24, 2.45) is 28.6 Å². The van der Waals surface area contributed by atoms with Crippen molar-refractivity contribution in [3.8, 4) is 6.07 Å². The molecule has 1 aromatic rings. The molecule has 1 aromatic carbocycles. The third-order valence-corrected chi connectivity index (χ3v) is 11.8. The number of nitriles is 1. The van der Waals surface area contributed by atoms with Crippen molar-refractivity contribution in [2.45, 2.75) is 74.2 Å². The highest BCUT2D eigenvalue weighted by Crippen LogP contribution is 2.72. The van der Waals surface area contributed by atoms with Crippen LogP contribution in [0.3, 0.4) is 0 Å². The van der Waals surface area contributed by atoms with Gasteiger partial charge in [0.05, 0.1) is 23.5 Å². The fraction of sp³-hybridized carbons (Fsp3) is 0.548. The third kappa shape index (κ3) is 4.60. The highest BCUT2D eigenvalue weighted by Gasteiger charge is 2.78. The topological polar surface area (TPSA) is 104 Å². The highest BCUT2D eigenvalue weighted by molar-refractivity contribution is 8.14. The summed E-state index contributed by atoms with van der Waals surface area (Å²) in [6, 6.07) is 7.27. The molecule has 0 aromatic heterocycles. The number of benzene rings is 1. The van der Waals surface area contributed by atoms with Gasteiger partial charge in [-0.25, -0.2) is 13.6 Å². The molecule has 0 aliphatic heterocycles. The number of fused-ring (bicyclic) bond motifs is 5.